The average molecular weight is 532 g/mol. The van der Waals surface area contributed by atoms with Crippen molar-refractivity contribution in [2.75, 3.05) is 14.2 Å². The van der Waals surface area contributed by atoms with Gasteiger partial charge in [0.25, 0.3) is 5.88 Å². The van der Waals surface area contributed by atoms with E-state index in [0.29, 0.717) is 33.3 Å². The van der Waals surface area contributed by atoms with Crippen LogP contribution >= 0.6 is 0 Å². The fraction of sp³-hybridized carbons (Fsp3) is 0.286. The molecule has 0 saturated heterocycles. The maximum atomic E-state index is 13.9. The summed E-state index contributed by atoms with van der Waals surface area (Å²) in [5, 5.41) is 3.22. The fourth-order valence-corrected chi connectivity index (χ4v) is 6.62. The van der Waals surface area contributed by atoms with E-state index >= 15 is 0 Å². The molecule has 0 bridgehead atoms. The van der Waals surface area contributed by atoms with E-state index in [2.05, 4.69) is 20.3 Å². The van der Waals surface area contributed by atoms with Gasteiger partial charge in [-0.25, -0.2) is 18.4 Å². The Morgan fingerprint density at radius 2 is 1.84 bits per heavy atom. The molecule has 1 unspecified atom stereocenters. The van der Waals surface area contributed by atoms with Crippen molar-refractivity contribution in [1.82, 2.24) is 25.3 Å². The van der Waals surface area contributed by atoms with Crippen molar-refractivity contribution >= 4 is 31.9 Å². The van der Waals surface area contributed by atoms with E-state index in [1.54, 1.807) is 38.6 Å². The molecule has 0 amide bonds. The van der Waals surface area contributed by atoms with Crippen LogP contribution in [0.15, 0.2) is 53.7 Å². The number of H-pyrrole nitrogens is 2. The van der Waals surface area contributed by atoms with Crippen LogP contribution in [-0.4, -0.2) is 48.6 Å². The van der Waals surface area contributed by atoms with E-state index in [-0.39, 0.29) is 6.04 Å². The van der Waals surface area contributed by atoms with Gasteiger partial charge in [0.05, 0.1) is 30.3 Å². The molecule has 6 rings (SSSR count). The summed E-state index contributed by atoms with van der Waals surface area (Å²) in [4.78, 5) is 16.2. The van der Waals surface area contributed by atoms with E-state index in [0.717, 1.165) is 46.1 Å². The Balaban J connectivity index is 1.50. The number of hydrogen-bond donors (Lipinski definition) is 3. The minimum absolute atomic E-state index is 0.171. The summed E-state index contributed by atoms with van der Waals surface area (Å²) in [6.45, 7) is 3.89. The molecule has 4 heterocycles. The molecule has 0 aliphatic heterocycles. The summed E-state index contributed by atoms with van der Waals surface area (Å²) in [7, 11) is -0.575. The summed E-state index contributed by atoms with van der Waals surface area (Å²) >= 11 is 0. The smallest absolute Gasteiger partial charge is 0.257 e. The lowest BCUT2D eigenvalue weighted by Gasteiger charge is -2.20. The van der Waals surface area contributed by atoms with E-state index in [4.69, 9.17) is 14.5 Å². The van der Waals surface area contributed by atoms with Crippen LogP contribution in [0.1, 0.15) is 34.9 Å². The number of ether oxygens (including phenoxy) is 2. The van der Waals surface area contributed by atoms with Crippen LogP contribution in [0.4, 0.5) is 0 Å². The zero-order chi connectivity index (χ0) is 26.6. The van der Waals surface area contributed by atoms with Crippen molar-refractivity contribution in [3.63, 3.8) is 0 Å². The Morgan fingerprint density at radius 3 is 2.53 bits per heavy atom. The number of nitrogens with one attached hydrogen (secondary N) is 3. The first-order chi connectivity index (χ1) is 18.3. The lowest BCUT2D eigenvalue weighted by atomic mass is 10.1. The molecule has 1 aromatic carbocycles. The summed E-state index contributed by atoms with van der Waals surface area (Å²) in [5.41, 5.74) is 6.29. The second kappa shape index (κ2) is 9.14. The Labute approximate surface area is 220 Å². The molecule has 38 heavy (non-hydrogen) atoms. The topological polar surface area (TPSA) is 122 Å². The number of aromatic nitrogens is 4. The lowest BCUT2D eigenvalue weighted by Crippen LogP contribution is -2.30. The van der Waals surface area contributed by atoms with E-state index in [9.17, 15) is 8.42 Å². The van der Waals surface area contributed by atoms with Gasteiger partial charge in [-0.05, 0) is 56.5 Å². The van der Waals surface area contributed by atoms with Crippen LogP contribution < -0.4 is 14.8 Å². The predicted molar refractivity (Wildman–Crippen MR) is 146 cm³/mol. The van der Waals surface area contributed by atoms with E-state index < -0.39 is 15.2 Å². The third kappa shape index (κ3) is 4.00. The number of nitrogens with zero attached hydrogens (tertiary/aromatic N) is 2. The fourth-order valence-electron chi connectivity index (χ4n) is 4.92. The molecule has 9 nitrogen and oxygen atoms in total. The summed E-state index contributed by atoms with van der Waals surface area (Å²) < 4.78 is 38.8. The minimum atomic E-state index is -3.72. The number of benzene rings is 1. The highest BCUT2D eigenvalue weighted by molar-refractivity contribution is 7.91. The first-order valence-corrected chi connectivity index (χ1v) is 14.0. The van der Waals surface area contributed by atoms with Crippen LogP contribution in [0.2, 0.25) is 0 Å². The van der Waals surface area contributed by atoms with Gasteiger partial charge in [-0.15, -0.1) is 0 Å². The monoisotopic (exact) mass is 531 g/mol. The molecular weight excluding hydrogens is 502 g/mol. The Morgan fingerprint density at radius 1 is 1.08 bits per heavy atom. The second-order valence-electron chi connectivity index (χ2n) is 9.73. The molecule has 0 spiro atoms. The van der Waals surface area contributed by atoms with Gasteiger partial charge in [0.2, 0.25) is 0 Å². The third-order valence-electron chi connectivity index (χ3n) is 7.14. The Kier molecular flexibility index (Phi) is 5.88. The van der Waals surface area contributed by atoms with Crippen molar-refractivity contribution < 1.29 is 17.9 Å². The molecule has 1 fully saturated rings. The van der Waals surface area contributed by atoms with Crippen LogP contribution in [0.3, 0.4) is 0 Å². The van der Waals surface area contributed by atoms with Crippen LogP contribution in [0.25, 0.3) is 33.3 Å². The quantitative estimate of drug-likeness (QED) is 0.259. The predicted octanol–water partition coefficient (Wildman–Crippen LogP) is 4.96. The van der Waals surface area contributed by atoms with Crippen LogP contribution in [-0.2, 0) is 9.84 Å². The SMILES string of the molecule is COc1nc2c(-c3cc4c(C(NC5CC5)S(=O)(=O)c5ccc(C)cc5)ccnc4[nH]3)c[nH]c2c(C)c1OC. The Bertz CT molecular complexity index is 1770. The molecule has 1 saturated carbocycles. The Hall–Kier alpha value is -3.89. The van der Waals surface area contributed by atoms with E-state index in [1.807, 2.05) is 38.2 Å². The highest BCUT2D eigenvalue weighted by Gasteiger charge is 2.36. The van der Waals surface area contributed by atoms with Crippen molar-refractivity contribution in [3.8, 4) is 22.9 Å². The largest absolute Gasteiger partial charge is 0.491 e. The van der Waals surface area contributed by atoms with Gasteiger partial charge < -0.3 is 19.4 Å². The number of fused-ring (bicyclic) bond motifs is 2. The maximum Gasteiger partial charge on any atom is 0.257 e. The third-order valence-corrected chi connectivity index (χ3v) is 9.08. The number of hydrogen-bond acceptors (Lipinski definition) is 7. The van der Waals surface area contributed by atoms with Crippen molar-refractivity contribution in [2.45, 2.75) is 43.0 Å². The highest BCUT2D eigenvalue weighted by Crippen LogP contribution is 2.40. The van der Waals surface area contributed by atoms with Gasteiger partial charge in [-0.1, -0.05) is 17.7 Å². The zero-order valence-electron chi connectivity index (χ0n) is 21.6. The highest BCUT2D eigenvalue weighted by atomic mass is 32.2. The lowest BCUT2D eigenvalue weighted by molar-refractivity contribution is 0.343. The van der Waals surface area contributed by atoms with Crippen molar-refractivity contribution in [2.24, 2.45) is 0 Å². The standard InChI is InChI=1S/C28H29N5O4S/c1-15-5-9-18(10-6-15)38(34,35)28(31-17-7-8-17)19-11-12-29-26-20(19)13-22(32-26)21-14-30-23-16(2)25(36-3)27(37-4)33-24(21)23/h5-6,9-14,17,28,30-31H,7-8H2,1-4H3,(H,29,32). The van der Waals surface area contributed by atoms with Gasteiger partial charge in [0.1, 0.15) is 16.5 Å². The molecule has 196 valence electrons. The first kappa shape index (κ1) is 24.4. The molecule has 1 aliphatic carbocycles. The van der Waals surface area contributed by atoms with Gasteiger partial charge in [-0.3, -0.25) is 5.32 Å². The summed E-state index contributed by atoms with van der Waals surface area (Å²) in [6, 6.07) is 10.9. The van der Waals surface area contributed by atoms with Crippen LogP contribution in [0, 0.1) is 13.8 Å². The molecule has 10 heteroatoms. The average Bonchev–Trinajstić information content (AvgIpc) is 3.46. The van der Waals surface area contributed by atoms with E-state index in [1.165, 1.54) is 0 Å². The zero-order valence-corrected chi connectivity index (χ0v) is 22.4. The molecular formula is C28H29N5O4S. The molecule has 3 N–H and O–H groups in total. The first-order valence-electron chi connectivity index (χ1n) is 12.5. The number of rotatable bonds is 8. The van der Waals surface area contributed by atoms with Gasteiger partial charge in [-0.2, -0.15) is 0 Å². The van der Waals surface area contributed by atoms with Crippen molar-refractivity contribution in [3.05, 3.63) is 65.5 Å². The second-order valence-corrected chi connectivity index (χ2v) is 11.8. The normalized spacial score (nSPS) is 14.7. The summed E-state index contributed by atoms with van der Waals surface area (Å²) in [5.74, 6) is 0.968. The van der Waals surface area contributed by atoms with Crippen LogP contribution in [0.5, 0.6) is 11.6 Å². The molecule has 1 atom stereocenters. The number of aryl methyl sites for hydroxylation is 2. The van der Waals surface area contributed by atoms with Crippen molar-refractivity contribution in [1.29, 1.82) is 0 Å². The summed E-state index contributed by atoms with van der Waals surface area (Å²) in [6.07, 6.45) is 5.43. The van der Waals surface area contributed by atoms with Gasteiger partial charge in [0.15, 0.2) is 15.6 Å². The number of methoxy groups -OCH3 is 2. The van der Waals surface area contributed by atoms with Gasteiger partial charge in [0, 0.05) is 34.9 Å². The maximum absolute atomic E-state index is 13.9. The molecule has 0 radical (unpaired) electrons. The van der Waals surface area contributed by atoms with Gasteiger partial charge >= 0.3 is 0 Å². The number of sulfone groups is 1. The number of pyridine rings is 2. The molecule has 1 aliphatic rings. The molecule has 4 aromatic heterocycles. The minimum Gasteiger partial charge on any atom is -0.491 e. The molecule has 5 aromatic rings. The number of aromatic amines is 2.